The zero-order valence-electron chi connectivity index (χ0n) is 17.6. The Hall–Kier alpha value is -2.37. The number of hydrogen-bond donors (Lipinski definition) is 1. The summed E-state index contributed by atoms with van der Waals surface area (Å²) in [6.07, 6.45) is 1.45. The minimum absolute atomic E-state index is 0.00362. The van der Waals surface area contributed by atoms with E-state index in [2.05, 4.69) is 5.32 Å². The summed E-state index contributed by atoms with van der Waals surface area (Å²) in [5.74, 6) is -0.120. The van der Waals surface area contributed by atoms with E-state index in [4.69, 9.17) is 4.74 Å². The summed E-state index contributed by atoms with van der Waals surface area (Å²) >= 11 is 0. The predicted octanol–water partition coefficient (Wildman–Crippen LogP) is 3.78. The van der Waals surface area contributed by atoms with Gasteiger partial charge < -0.3 is 15.0 Å². The maximum atomic E-state index is 12.4. The van der Waals surface area contributed by atoms with Crippen LogP contribution in [-0.4, -0.2) is 47.4 Å². The Labute approximate surface area is 167 Å². The van der Waals surface area contributed by atoms with E-state index in [0.717, 1.165) is 11.1 Å². The monoisotopic (exact) mass is 388 g/mol. The molecule has 1 aliphatic heterocycles. The van der Waals surface area contributed by atoms with E-state index in [0.29, 0.717) is 31.5 Å². The molecule has 0 saturated carbocycles. The molecular weight excluding hydrogens is 356 g/mol. The number of hydrogen-bond acceptors (Lipinski definition) is 4. The Morgan fingerprint density at radius 2 is 1.75 bits per heavy atom. The Bertz CT molecular complexity index is 729. The average Bonchev–Trinajstić information content (AvgIpc) is 2.61. The van der Waals surface area contributed by atoms with Gasteiger partial charge in [0.1, 0.15) is 5.60 Å². The average molecular weight is 389 g/mol. The van der Waals surface area contributed by atoms with E-state index < -0.39 is 5.60 Å². The number of amides is 2. The number of aryl methyl sites for hydroxylation is 2. The molecule has 0 aromatic heterocycles. The van der Waals surface area contributed by atoms with E-state index in [9.17, 15) is 14.4 Å². The third-order valence-electron chi connectivity index (χ3n) is 4.78. The number of Topliss-reactive ketones (excluding diaryl/α,β-unsaturated/α-hetero) is 1. The van der Waals surface area contributed by atoms with Crippen LogP contribution in [0.5, 0.6) is 0 Å². The molecule has 0 atom stereocenters. The quantitative estimate of drug-likeness (QED) is 0.779. The van der Waals surface area contributed by atoms with Crippen molar-refractivity contribution in [1.82, 2.24) is 10.2 Å². The number of carbonyl (C=O) groups is 3. The van der Waals surface area contributed by atoms with Crippen LogP contribution in [0.4, 0.5) is 4.79 Å². The topological polar surface area (TPSA) is 75.7 Å². The molecule has 2 rings (SSSR count). The third-order valence-corrected chi connectivity index (χ3v) is 4.78. The van der Waals surface area contributed by atoms with Crippen LogP contribution in [0.1, 0.15) is 67.9 Å². The van der Waals surface area contributed by atoms with Gasteiger partial charge in [0.2, 0.25) is 5.91 Å². The summed E-state index contributed by atoms with van der Waals surface area (Å²) in [7, 11) is 0. The van der Waals surface area contributed by atoms with Crippen molar-refractivity contribution in [1.29, 1.82) is 0 Å². The van der Waals surface area contributed by atoms with E-state index >= 15 is 0 Å². The van der Waals surface area contributed by atoms with Crippen molar-refractivity contribution in [3.05, 3.63) is 34.9 Å². The minimum Gasteiger partial charge on any atom is -0.444 e. The number of piperidine rings is 1. The van der Waals surface area contributed by atoms with Crippen LogP contribution in [0.2, 0.25) is 0 Å². The highest BCUT2D eigenvalue weighted by Gasteiger charge is 2.27. The smallest absolute Gasteiger partial charge is 0.410 e. The number of ketones is 1. The fraction of sp³-hybridized carbons (Fsp3) is 0.591. The Balaban J connectivity index is 1.75. The second kappa shape index (κ2) is 9.22. The fourth-order valence-corrected chi connectivity index (χ4v) is 3.23. The van der Waals surface area contributed by atoms with E-state index in [1.54, 1.807) is 4.90 Å². The highest BCUT2D eigenvalue weighted by molar-refractivity contribution is 5.99. The lowest BCUT2D eigenvalue weighted by molar-refractivity contribution is -0.122. The van der Waals surface area contributed by atoms with Crippen molar-refractivity contribution in [3.8, 4) is 0 Å². The fourth-order valence-electron chi connectivity index (χ4n) is 3.23. The number of likely N-dealkylation sites (tertiary alicyclic amines) is 1. The first-order chi connectivity index (χ1) is 13.0. The molecule has 0 bridgehead atoms. The number of nitrogens with one attached hydrogen (secondary N) is 1. The second-order valence-corrected chi connectivity index (χ2v) is 8.55. The van der Waals surface area contributed by atoms with Crippen LogP contribution in [0.3, 0.4) is 0 Å². The Kier molecular flexibility index (Phi) is 7.22. The zero-order valence-corrected chi connectivity index (χ0v) is 17.6. The van der Waals surface area contributed by atoms with Crippen LogP contribution < -0.4 is 5.32 Å². The Morgan fingerprint density at radius 3 is 2.36 bits per heavy atom. The van der Waals surface area contributed by atoms with Gasteiger partial charge in [0.15, 0.2) is 5.78 Å². The summed E-state index contributed by atoms with van der Waals surface area (Å²) in [6, 6.07) is 5.81. The third kappa shape index (κ3) is 6.66. The van der Waals surface area contributed by atoms with Crippen LogP contribution in [0.15, 0.2) is 18.2 Å². The molecule has 1 aromatic carbocycles. The number of rotatable bonds is 5. The maximum absolute atomic E-state index is 12.4. The van der Waals surface area contributed by atoms with Gasteiger partial charge in [0.05, 0.1) is 0 Å². The molecule has 1 saturated heterocycles. The molecular formula is C22H32N2O4. The lowest BCUT2D eigenvalue weighted by Gasteiger charge is -2.33. The molecule has 6 nitrogen and oxygen atoms in total. The van der Waals surface area contributed by atoms with Gasteiger partial charge in [-0.1, -0.05) is 17.7 Å². The van der Waals surface area contributed by atoms with Crippen molar-refractivity contribution in [2.24, 2.45) is 0 Å². The van der Waals surface area contributed by atoms with Crippen molar-refractivity contribution in [2.75, 3.05) is 13.1 Å². The van der Waals surface area contributed by atoms with Crippen LogP contribution in [-0.2, 0) is 9.53 Å². The van der Waals surface area contributed by atoms with E-state index in [1.807, 2.05) is 52.8 Å². The number of ether oxygens (including phenoxy) is 1. The maximum Gasteiger partial charge on any atom is 0.410 e. The van der Waals surface area contributed by atoms with Gasteiger partial charge in [-0.2, -0.15) is 0 Å². The molecule has 28 heavy (non-hydrogen) atoms. The van der Waals surface area contributed by atoms with Crippen LogP contribution in [0, 0.1) is 13.8 Å². The van der Waals surface area contributed by atoms with Gasteiger partial charge in [-0.05, 0) is 59.1 Å². The summed E-state index contributed by atoms with van der Waals surface area (Å²) in [4.78, 5) is 38.4. The van der Waals surface area contributed by atoms with Crippen LogP contribution >= 0.6 is 0 Å². The number of nitrogens with zero attached hydrogens (tertiary/aromatic N) is 1. The first-order valence-electron chi connectivity index (χ1n) is 9.93. The van der Waals surface area contributed by atoms with Gasteiger partial charge in [-0.15, -0.1) is 0 Å². The standard InChI is InChI=1S/C22H32N2O4/c1-15-6-7-16(2)18(14-15)19(25)8-9-20(26)23-17-10-12-24(13-11-17)21(27)28-22(3,4)5/h6-7,14,17H,8-13H2,1-5H3,(H,23,26). The molecule has 0 radical (unpaired) electrons. The number of benzene rings is 1. The molecule has 1 heterocycles. The minimum atomic E-state index is -0.510. The highest BCUT2D eigenvalue weighted by atomic mass is 16.6. The molecule has 1 aromatic rings. The summed E-state index contributed by atoms with van der Waals surface area (Å²) < 4.78 is 5.38. The van der Waals surface area contributed by atoms with E-state index in [-0.39, 0.29) is 36.7 Å². The van der Waals surface area contributed by atoms with Crippen molar-refractivity contribution >= 4 is 17.8 Å². The summed E-state index contributed by atoms with van der Waals surface area (Å²) in [5, 5.41) is 2.99. The molecule has 1 fully saturated rings. The first kappa shape index (κ1) is 21.9. The van der Waals surface area contributed by atoms with Crippen molar-refractivity contribution < 1.29 is 19.1 Å². The molecule has 1 aliphatic rings. The second-order valence-electron chi connectivity index (χ2n) is 8.55. The molecule has 154 valence electrons. The molecule has 0 aliphatic carbocycles. The first-order valence-corrected chi connectivity index (χ1v) is 9.93. The lowest BCUT2D eigenvalue weighted by atomic mass is 9.99. The van der Waals surface area contributed by atoms with Gasteiger partial charge in [-0.3, -0.25) is 9.59 Å². The zero-order chi connectivity index (χ0) is 20.9. The summed E-state index contributed by atoms with van der Waals surface area (Å²) in [5.41, 5.74) is 2.16. The van der Waals surface area contributed by atoms with E-state index in [1.165, 1.54) is 0 Å². The highest BCUT2D eigenvalue weighted by Crippen LogP contribution is 2.17. The molecule has 2 amide bonds. The van der Waals surface area contributed by atoms with Crippen molar-refractivity contribution in [2.45, 2.75) is 71.9 Å². The van der Waals surface area contributed by atoms with Gasteiger partial charge in [0.25, 0.3) is 0 Å². The molecule has 0 unspecified atom stereocenters. The molecule has 6 heteroatoms. The van der Waals surface area contributed by atoms with Crippen molar-refractivity contribution in [3.63, 3.8) is 0 Å². The molecule has 1 N–H and O–H groups in total. The molecule has 0 spiro atoms. The Morgan fingerprint density at radius 1 is 1.11 bits per heavy atom. The number of carbonyl (C=O) groups excluding carboxylic acids is 3. The van der Waals surface area contributed by atoms with Gasteiger partial charge in [-0.25, -0.2) is 4.79 Å². The lowest BCUT2D eigenvalue weighted by Crippen LogP contribution is -2.47. The predicted molar refractivity (Wildman–Crippen MR) is 108 cm³/mol. The van der Waals surface area contributed by atoms with Gasteiger partial charge >= 0.3 is 6.09 Å². The normalized spacial score (nSPS) is 15.2. The van der Waals surface area contributed by atoms with Crippen LogP contribution in [0.25, 0.3) is 0 Å². The SMILES string of the molecule is Cc1ccc(C)c(C(=O)CCC(=O)NC2CCN(C(=O)OC(C)(C)C)CC2)c1. The summed E-state index contributed by atoms with van der Waals surface area (Å²) in [6.45, 7) is 10.5. The van der Waals surface area contributed by atoms with Gasteiger partial charge in [0, 0.05) is 37.5 Å². The largest absolute Gasteiger partial charge is 0.444 e.